The molecule has 2 atom stereocenters. The predicted octanol–water partition coefficient (Wildman–Crippen LogP) is 9.76. The van der Waals surface area contributed by atoms with E-state index in [0.717, 1.165) is 40.3 Å². The molecule has 6 aromatic rings. The van der Waals surface area contributed by atoms with Gasteiger partial charge in [0.2, 0.25) is 0 Å². The fourth-order valence-electron chi connectivity index (χ4n) is 5.98. The maximum absolute atomic E-state index is 5.21. The van der Waals surface area contributed by atoms with Gasteiger partial charge >= 0.3 is 0 Å². The van der Waals surface area contributed by atoms with Crippen molar-refractivity contribution in [1.29, 1.82) is 0 Å². The quantitative estimate of drug-likeness (QED) is 0.224. The van der Waals surface area contributed by atoms with Crippen molar-refractivity contribution in [3.8, 4) is 33.9 Å². The highest BCUT2D eigenvalue weighted by atomic mass is 32.2. The van der Waals surface area contributed by atoms with E-state index in [4.69, 9.17) is 9.97 Å². The van der Waals surface area contributed by atoms with E-state index in [1.807, 2.05) is 23.9 Å². The second kappa shape index (κ2) is 10.1. The third-order valence-electron chi connectivity index (χ3n) is 8.02. The highest BCUT2D eigenvalue weighted by molar-refractivity contribution is 8.00. The van der Waals surface area contributed by atoms with Crippen molar-refractivity contribution in [1.82, 2.24) is 9.97 Å². The number of fused-ring (bicyclic) bond motifs is 5. The van der Waals surface area contributed by atoms with Crippen molar-refractivity contribution in [2.24, 2.45) is 5.92 Å². The standard InChI is InChI=1S/C37H27N3S/c1-4-13-25(14-5-1)31-23-32(26-15-6-2-7-16-26)39-36(38-31)30-22-28-21-20-24-12-10-11-19-29(24)33(28)34-35(30)41-37(40-34)27-17-8-3-9-18-27/h1-17,19-23,27,37,40H,18H2. The molecule has 5 aromatic carbocycles. The van der Waals surface area contributed by atoms with Crippen LogP contribution in [0.2, 0.25) is 0 Å². The molecule has 1 N–H and O–H groups in total. The monoisotopic (exact) mass is 545 g/mol. The van der Waals surface area contributed by atoms with Crippen molar-refractivity contribution in [2.75, 3.05) is 5.32 Å². The maximum atomic E-state index is 5.21. The second-order valence-electron chi connectivity index (χ2n) is 10.6. The number of aromatic nitrogens is 2. The Morgan fingerprint density at radius 3 is 2.07 bits per heavy atom. The molecule has 0 spiro atoms. The van der Waals surface area contributed by atoms with Gasteiger partial charge in [0.05, 0.1) is 22.4 Å². The van der Waals surface area contributed by atoms with E-state index in [2.05, 4.69) is 127 Å². The van der Waals surface area contributed by atoms with E-state index in [0.29, 0.717) is 5.92 Å². The number of nitrogens with zero attached hydrogens (tertiary/aromatic N) is 2. The summed E-state index contributed by atoms with van der Waals surface area (Å²) >= 11 is 1.91. The summed E-state index contributed by atoms with van der Waals surface area (Å²) in [5, 5.41) is 9.19. The van der Waals surface area contributed by atoms with Crippen LogP contribution in [0.4, 0.5) is 5.69 Å². The molecule has 0 saturated heterocycles. The number of nitrogens with one attached hydrogen (secondary N) is 1. The fraction of sp³-hybridized carbons (Fsp3) is 0.0811. The Labute approximate surface area is 243 Å². The molecule has 1 aliphatic carbocycles. The van der Waals surface area contributed by atoms with E-state index in [1.54, 1.807) is 0 Å². The first kappa shape index (κ1) is 24.2. The molecule has 196 valence electrons. The van der Waals surface area contributed by atoms with E-state index >= 15 is 0 Å². The Bertz CT molecular complexity index is 1920. The molecule has 2 aliphatic rings. The number of rotatable bonds is 4. The van der Waals surface area contributed by atoms with Gasteiger partial charge in [-0.15, -0.1) is 0 Å². The smallest absolute Gasteiger partial charge is 0.161 e. The number of hydrogen-bond acceptors (Lipinski definition) is 4. The van der Waals surface area contributed by atoms with Gasteiger partial charge in [-0.05, 0) is 34.7 Å². The number of benzene rings is 5. The van der Waals surface area contributed by atoms with Crippen LogP contribution in [-0.4, -0.2) is 15.3 Å². The van der Waals surface area contributed by atoms with Gasteiger partial charge in [-0.25, -0.2) is 9.97 Å². The molecule has 0 saturated carbocycles. The molecule has 41 heavy (non-hydrogen) atoms. The highest BCUT2D eigenvalue weighted by Gasteiger charge is 2.32. The Kier molecular flexibility index (Phi) is 5.93. The summed E-state index contributed by atoms with van der Waals surface area (Å²) in [6.45, 7) is 0. The topological polar surface area (TPSA) is 37.8 Å². The minimum absolute atomic E-state index is 0.236. The van der Waals surface area contributed by atoms with Crippen LogP contribution in [0.5, 0.6) is 0 Å². The molecule has 3 nitrogen and oxygen atoms in total. The zero-order valence-corrected chi connectivity index (χ0v) is 23.2. The number of anilines is 1. The van der Waals surface area contributed by atoms with Gasteiger partial charge in [0.1, 0.15) is 0 Å². The zero-order valence-electron chi connectivity index (χ0n) is 22.4. The molecule has 0 fully saturated rings. The van der Waals surface area contributed by atoms with Crippen LogP contribution in [0, 0.1) is 5.92 Å². The lowest BCUT2D eigenvalue weighted by atomic mass is 9.96. The SMILES string of the molecule is C1=CCC(C2Nc3c(c(-c4nc(-c5ccccc5)cc(-c5ccccc5)n4)cc4ccc5ccccc5c34)S2)C=C1. The largest absolute Gasteiger partial charge is 0.371 e. The number of allylic oxidation sites excluding steroid dienone is 3. The van der Waals surface area contributed by atoms with Crippen LogP contribution in [-0.2, 0) is 0 Å². The first-order valence-corrected chi connectivity index (χ1v) is 14.9. The van der Waals surface area contributed by atoms with Crippen molar-refractivity contribution in [3.05, 3.63) is 133 Å². The normalized spacial score (nSPS) is 17.6. The van der Waals surface area contributed by atoms with Crippen LogP contribution in [0.3, 0.4) is 0 Å². The average molecular weight is 546 g/mol. The summed E-state index contributed by atoms with van der Waals surface area (Å²) < 4.78 is 0. The van der Waals surface area contributed by atoms with E-state index < -0.39 is 0 Å². The summed E-state index contributed by atoms with van der Waals surface area (Å²) in [4.78, 5) is 11.6. The second-order valence-corrected chi connectivity index (χ2v) is 11.8. The van der Waals surface area contributed by atoms with Crippen molar-refractivity contribution in [3.63, 3.8) is 0 Å². The molecule has 2 heterocycles. The summed E-state index contributed by atoms with van der Waals surface area (Å²) in [6, 6.07) is 38.4. The minimum Gasteiger partial charge on any atom is -0.371 e. The van der Waals surface area contributed by atoms with Gasteiger partial charge in [0.25, 0.3) is 0 Å². The Hall–Kier alpha value is -4.67. The van der Waals surface area contributed by atoms with Gasteiger partial charge in [-0.3, -0.25) is 0 Å². The van der Waals surface area contributed by atoms with Crippen LogP contribution in [0.25, 0.3) is 55.4 Å². The highest BCUT2D eigenvalue weighted by Crippen LogP contribution is 2.52. The third kappa shape index (κ3) is 4.32. The lowest BCUT2D eigenvalue weighted by Crippen LogP contribution is -2.21. The molecule has 0 amide bonds. The van der Waals surface area contributed by atoms with Crippen LogP contribution in [0.15, 0.2) is 138 Å². The molecule has 1 aromatic heterocycles. The van der Waals surface area contributed by atoms with Crippen molar-refractivity contribution < 1.29 is 0 Å². The van der Waals surface area contributed by atoms with Crippen molar-refractivity contribution >= 4 is 39.0 Å². The molecule has 0 bridgehead atoms. The lowest BCUT2D eigenvalue weighted by molar-refractivity contribution is 0.662. The number of hydrogen-bond donors (Lipinski definition) is 1. The summed E-state index contributed by atoms with van der Waals surface area (Å²) in [7, 11) is 0. The lowest BCUT2D eigenvalue weighted by Gasteiger charge is -2.20. The molecule has 2 unspecified atom stereocenters. The Balaban J connectivity index is 1.38. The van der Waals surface area contributed by atoms with Crippen LogP contribution >= 0.6 is 11.8 Å². The fourth-order valence-corrected chi connectivity index (χ4v) is 7.35. The molecule has 1 aliphatic heterocycles. The van der Waals surface area contributed by atoms with Crippen LogP contribution in [0.1, 0.15) is 6.42 Å². The molecule has 4 heteroatoms. The van der Waals surface area contributed by atoms with Crippen LogP contribution < -0.4 is 5.32 Å². The molecule has 8 rings (SSSR count). The Morgan fingerprint density at radius 2 is 1.37 bits per heavy atom. The predicted molar refractivity (Wildman–Crippen MR) is 173 cm³/mol. The van der Waals surface area contributed by atoms with E-state index in [-0.39, 0.29) is 5.37 Å². The minimum atomic E-state index is 0.236. The summed E-state index contributed by atoms with van der Waals surface area (Å²) in [5.74, 6) is 1.16. The molecular weight excluding hydrogens is 518 g/mol. The molecular formula is C37H27N3S. The van der Waals surface area contributed by atoms with Gasteiger partial charge in [-0.1, -0.05) is 133 Å². The first-order chi connectivity index (χ1) is 20.3. The summed E-state index contributed by atoms with van der Waals surface area (Å²) in [5.41, 5.74) is 6.29. The van der Waals surface area contributed by atoms with Gasteiger partial charge < -0.3 is 5.32 Å². The van der Waals surface area contributed by atoms with Crippen molar-refractivity contribution in [2.45, 2.75) is 16.7 Å². The summed E-state index contributed by atoms with van der Waals surface area (Å²) in [6.07, 6.45) is 9.94. The zero-order chi connectivity index (χ0) is 27.2. The van der Waals surface area contributed by atoms with E-state index in [1.165, 1.54) is 32.1 Å². The average Bonchev–Trinajstić information content (AvgIpc) is 3.51. The maximum Gasteiger partial charge on any atom is 0.161 e. The van der Waals surface area contributed by atoms with Gasteiger partial charge in [-0.2, -0.15) is 0 Å². The number of thioether (sulfide) groups is 1. The first-order valence-electron chi connectivity index (χ1n) is 14.1. The van der Waals surface area contributed by atoms with Gasteiger partial charge in [0.15, 0.2) is 5.82 Å². The van der Waals surface area contributed by atoms with E-state index in [9.17, 15) is 0 Å². The molecule has 0 radical (unpaired) electrons. The third-order valence-corrected chi connectivity index (χ3v) is 9.40. The Morgan fingerprint density at radius 1 is 0.683 bits per heavy atom. The van der Waals surface area contributed by atoms with Gasteiger partial charge in [0, 0.05) is 32.9 Å².